The summed E-state index contributed by atoms with van der Waals surface area (Å²) < 4.78 is 12.4. The number of rotatable bonds is 5. The molecule has 1 aliphatic heterocycles. The predicted molar refractivity (Wildman–Crippen MR) is 81.6 cm³/mol. The van der Waals surface area contributed by atoms with Gasteiger partial charge in [0.25, 0.3) is 0 Å². The zero-order valence-electron chi connectivity index (χ0n) is 12.8. The summed E-state index contributed by atoms with van der Waals surface area (Å²) in [6.07, 6.45) is 9.50. The van der Waals surface area contributed by atoms with Crippen LogP contribution in [0.25, 0.3) is 0 Å². The summed E-state index contributed by atoms with van der Waals surface area (Å²) >= 11 is 0. The Morgan fingerprint density at radius 2 is 2.41 bits per heavy atom. The Labute approximate surface area is 129 Å². The summed E-state index contributed by atoms with van der Waals surface area (Å²) in [6.45, 7) is 4.14. The van der Waals surface area contributed by atoms with E-state index in [9.17, 15) is 4.79 Å². The molecule has 6 heteroatoms. The molecular formula is C16H20N2O4. The van der Waals surface area contributed by atoms with Crippen molar-refractivity contribution < 1.29 is 14.6 Å². The molecule has 0 radical (unpaired) electrons. The largest absolute Gasteiger partial charge is 0.472 e. The van der Waals surface area contributed by atoms with Gasteiger partial charge in [-0.05, 0) is 32.8 Å². The van der Waals surface area contributed by atoms with Gasteiger partial charge in [0.15, 0.2) is 0 Å². The fraction of sp³-hybridized carbons (Fsp3) is 0.500. The van der Waals surface area contributed by atoms with Gasteiger partial charge in [0.2, 0.25) is 5.88 Å². The van der Waals surface area contributed by atoms with Crippen molar-refractivity contribution in [1.29, 1.82) is 0 Å². The van der Waals surface area contributed by atoms with Gasteiger partial charge in [-0.3, -0.25) is 4.57 Å². The number of ether oxygens (including phenoxy) is 2. The lowest BCUT2D eigenvalue weighted by molar-refractivity contribution is -0.0247. The number of hydrogen-bond acceptors (Lipinski definition) is 5. The van der Waals surface area contributed by atoms with Gasteiger partial charge in [0.1, 0.15) is 18.4 Å². The third-order valence-corrected chi connectivity index (χ3v) is 3.38. The molecule has 118 valence electrons. The number of allylic oxidation sites excluding steroid dienone is 1. The molecule has 0 saturated carbocycles. The van der Waals surface area contributed by atoms with E-state index in [2.05, 4.69) is 10.9 Å². The minimum absolute atomic E-state index is 0.0649. The van der Waals surface area contributed by atoms with Crippen molar-refractivity contribution >= 4 is 0 Å². The molecule has 1 aliphatic rings. The van der Waals surface area contributed by atoms with Gasteiger partial charge in [0, 0.05) is 6.20 Å². The highest BCUT2D eigenvalue weighted by Gasteiger charge is 2.27. The topological polar surface area (TPSA) is 73.6 Å². The van der Waals surface area contributed by atoms with Crippen LogP contribution in [0.3, 0.4) is 0 Å². The summed E-state index contributed by atoms with van der Waals surface area (Å²) in [4.78, 5) is 16.0. The number of aliphatic hydroxyl groups excluding tert-OH is 1. The fourth-order valence-corrected chi connectivity index (χ4v) is 2.18. The van der Waals surface area contributed by atoms with Gasteiger partial charge in [-0.2, -0.15) is 4.98 Å². The lowest BCUT2D eigenvalue weighted by Crippen LogP contribution is -2.28. The Morgan fingerprint density at radius 1 is 1.64 bits per heavy atom. The van der Waals surface area contributed by atoms with E-state index in [0.717, 1.165) is 5.57 Å². The molecule has 2 heterocycles. The maximum Gasteiger partial charge on any atom is 0.353 e. The molecule has 22 heavy (non-hydrogen) atoms. The van der Waals surface area contributed by atoms with Gasteiger partial charge >= 0.3 is 5.69 Å². The van der Waals surface area contributed by atoms with Gasteiger partial charge in [-0.1, -0.05) is 11.5 Å². The summed E-state index contributed by atoms with van der Waals surface area (Å²) in [5.74, 6) is 2.63. The van der Waals surface area contributed by atoms with Crippen molar-refractivity contribution in [2.75, 3.05) is 13.2 Å². The number of aliphatic hydroxyl groups is 1. The quantitative estimate of drug-likeness (QED) is 0.654. The van der Waals surface area contributed by atoms with Gasteiger partial charge in [-0.15, -0.1) is 6.42 Å². The van der Waals surface area contributed by atoms with Crippen LogP contribution in [0.15, 0.2) is 22.6 Å². The Balaban J connectivity index is 2.23. The lowest BCUT2D eigenvalue weighted by atomic mass is 10.2. The van der Waals surface area contributed by atoms with E-state index in [-0.39, 0.29) is 18.6 Å². The first-order valence-electron chi connectivity index (χ1n) is 7.17. The molecule has 0 aliphatic carbocycles. The normalized spacial score (nSPS) is 20.5. The molecule has 2 rings (SSSR count). The maximum absolute atomic E-state index is 12.1. The summed E-state index contributed by atoms with van der Waals surface area (Å²) in [7, 11) is 0. The Morgan fingerprint density at radius 3 is 3.00 bits per heavy atom. The van der Waals surface area contributed by atoms with Crippen LogP contribution >= 0.6 is 0 Å². The average Bonchev–Trinajstić information content (AvgIpc) is 2.96. The number of hydrogen-bond donors (Lipinski definition) is 1. The van der Waals surface area contributed by atoms with E-state index in [1.165, 1.54) is 10.8 Å². The van der Waals surface area contributed by atoms with Crippen LogP contribution in [-0.2, 0) is 4.74 Å². The molecule has 2 atom stereocenters. The second-order valence-electron chi connectivity index (χ2n) is 5.36. The van der Waals surface area contributed by atoms with E-state index >= 15 is 0 Å². The number of terminal acetylenes is 1. The Bertz CT molecular complexity index is 653. The molecule has 2 unspecified atom stereocenters. The van der Waals surface area contributed by atoms with Crippen LogP contribution in [0.1, 0.15) is 38.5 Å². The molecule has 1 saturated heterocycles. The summed E-state index contributed by atoms with van der Waals surface area (Å²) in [5.41, 5.74) is 1.03. The van der Waals surface area contributed by atoms with Gasteiger partial charge < -0.3 is 14.6 Å². The first kappa shape index (κ1) is 16.3. The van der Waals surface area contributed by atoms with Crippen molar-refractivity contribution in [1.82, 2.24) is 9.55 Å². The first-order chi connectivity index (χ1) is 10.5. The molecule has 0 amide bonds. The van der Waals surface area contributed by atoms with E-state index < -0.39 is 11.9 Å². The molecule has 6 nitrogen and oxygen atoms in total. The SMILES string of the molecule is C#Cc1cn(C2CCC(CO)O2)c(=O)nc1OCC=C(C)C. The van der Waals surface area contributed by atoms with Crippen LogP contribution < -0.4 is 10.4 Å². The third kappa shape index (κ3) is 3.75. The monoisotopic (exact) mass is 304 g/mol. The van der Waals surface area contributed by atoms with Gasteiger partial charge in [-0.25, -0.2) is 4.79 Å². The molecule has 0 aromatic carbocycles. The van der Waals surface area contributed by atoms with E-state index in [4.69, 9.17) is 21.0 Å². The highest BCUT2D eigenvalue weighted by molar-refractivity contribution is 5.38. The molecule has 0 spiro atoms. The molecule has 1 N–H and O–H groups in total. The highest BCUT2D eigenvalue weighted by atomic mass is 16.5. The van der Waals surface area contributed by atoms with Crippen LogP contribution in [0.5, 0.6) is 5.88 Å². The first-order valence-corrected chi connectivity index (χ1v) is 7.17. The third-order valence-electron chi connectivity index (χ3n) is 3.38. The van der Waals surface area contributed by atoms with Crippen molar-refractivity contribution in [2.24, 2.45) is 0 Å². The van der Waals surface area contributed by atoms with Crippen LogP contribution in [0.4, 0.5) is 0 Å². The fourth-order valence-electron chi connectivity index (χ4n) is 2.18. The van der Waals surface area contributed by atoms with Crippen molar-refractivity contribution in [2.45, 2.75) is 39.0 Å². The number of aromatic nitrogens is 2. The van der Waals surface area contributed by atoms with Crippen LogP contribution in [-0.4, -0.2) is 34.0 Å². The van der Waals surface area contributed by atoms with Gasteiger partial charge in [0.05, 0.1) is 12.7 Å². The number of nitrogens with zero attached hydrogens (tertiary/aromatic N) is 2. The zero-order chi connectivity index (χ0) is 16.1. The molecule has 1 aromatic heterocycles. The van der Waals surface area contributed by atoms with E-state index in [1.54, 1.807) is 0 Å². The van der Waals surface area contributed by atoms with Crippen molar-refractivity contribution in [3.63, 3.8) is 0 Å². The maximum atomic E-state index is 12.1. The van der Waals surface area contributed by atoms with Crippen LogP contribution in [0.2, 0.25) is 0 Å². The Hall–Kier alpha value is -2.10. The zero-order valence-corrected chi connectivity index (χ0v) is 12.8. The second-order valence-corrected chi connectivity index (χ2v) is 5.36. The van der Waals surface area contributed by atoms with Crippen LogP contribution in [0, 0.1) is 12.3 Å². The van der Waals surface area contributed by atoms with E-state index in [0.29, 0.717) is 25.0 Å². The minimum atomic E-state index is -0.477. The highest BCUT2D eigenvalue weighted by Crippen LogP contribution is 2.27. The standard InChI is InChI=1S/C16H20N2O4/c1-4-12-9-18(14-6-5-13(10-19)22-14)16(20)17-15(12)21-8-7-11(2)3/h1,7,9,13-14,19H,5-6,8,10H2,2-3H3. The minimum Gasteiger partial charge on any atom is -0.472 e. The second kappa shape index (κ2) is 7.25. The Kier molecular flexibility index (Phi) is 5.36. The smallest absolute Gasteiger partial charge is 0.353 e. The summed E-state index contributed by atoms with van der Waals surface area (Å²) in [5, 5.41) is 9.10. The van der Waals surface area contributed by atoms with Crippen molar-refractivity contribution in [3.8, 4) is 18.2 Å². The van der Waals surface area contributed by atoms with E-state index in [1.807, 2.05) is 19.9 Å². The average molecular weight is 304 g/mol. The molecule has 0 bridgehead atoms. The van der Waals surface area contributed by atoms with Crippen molar-refractivity contribution in [3.05, 3.63) is 33.9 Å². The summed E-state index contributed by atoms with van der Waals surface area (Å²) in [6, 6.07) is 0. The molecule has 1 fully saturated rings. The molecular weight excluding hydrogens is 284 g/mol. The predicted octanol–water partition coefficient (Wildman–Crippen LogP) is 1.24. The lowest BCUT2D eigenvalue weighted by Gasteiger charge is -2.16. The molecule has 1 aromatic rings.